The first-order valence-electron chi connectivity index (χ1n) is 7.27. The van der Waals surface area contributed by atoms with Crippen molar-refractivity contribution in [3.05, 3.63) is 65.0 Å². The van der Waals surface area contributed by atoms with Gasteiger partial charge in [0.15, 0.2) is 0 Å². The summed E-state index contributed by atoms with van der Waals surface area (Å²) in [5.74, 6) is 1.12. The first-order chi connectivity index (χ1) is 11.1. The van der Waals surface area contributed by atoms with Crippen LogP contribution in [0.2, 0.25) is 0 Å². The van der Waals surface area contributed by atoms with Crippen molar-refractivity contribution in [1.82, 2.24) is 0 Å². The molecule has 23 heavy (non-hydrogen) atoms. The number of phenolic OH excluding ortho intramolecular Hbond substituents is 1. The lowest BCUT2D eigenvalue weighted by Crippen LogP contribution is -2.20. The predicted molar refractivity (Wildman–Crippen MR) is 85.0 cm³/mol. The molecule has 1 heterocycles. The standard InChI is InChI=1S/C18H16N2O3/c1-2-22-13-6-3-11(4-7-13)17-14-9-12(21)5-8-16(14)23-18(20)15(17)10-19/h3-9,17,21H,2,20H2,1H3/t17-/m0/s1. The minimum absolute atomic E-state index is 0.0876. The van der Waals surface area contributed by atoms with Gasteiger partial charge < -0.3 is 20.3 Å². The Morgan fingerprint density at radius 1 is 1.26 bits per heavy atom. The minimum Gasteiger partial charge on any atom is -0.508 e. The number of fused-ring (bicyclic) bond motifs is 1. The minimum atomic E-state index is -0.383. The van der Waals surface area contributed by atoms with Crippen molar-refractivity contribution >= 4 is 0 Å². The topological polar surface area (TPSA) is 88.5 Å². The van der Waals surface area contributed by atoms with Crippen molar-refractivity contribution in [2.75, 3.05) is 6.61 Å². The number of allylic oxidation sites excluding steroid dienone is 1. The fourth-order valence-electron chi connectivity index (χ4n) is 2.71. The van der Waals surface area contributed by atoms with E-state index in [1.54, 1.807) is 12.1 Å². The molecule has 5 nitrogen and oxygen atoms in total. The smallest absolute Gasteiger partial charge is 0.205 e. The molecule has 0 saturated heterocycles. The van der Waals surface area contributed by atoms with Crippen LogP contribution in [-0.2, 0) is 0 Å². The fourth-order valence-corrected chi connectivity index (χ4v) is 2.71. The Hall–Kier alpha value is -3.13. The van der Waals surface area contributed by atoms with Gasteiger partial charge in [-0.2, -0.15) is 5.26 Å². The van der Waals surface area contributed by atoms with Crippen LogP contribution in [0, 0.1) is 11.3 Å². The summed E-state index contributed by atoms with van der Waals surface area (Å²) < 4.78 is 10.9. The highest BCUT2D eigenvalue weighted by atomic mass is 16.5. The maximum absolute atomic E-state index is 9.79. The van der Waals surface area contributed by atoms with Gasteiger partial charge in [-0.25, -0.2) is 0 Å². The molecule has 0 unspecified atom stereocenters. The zero-order valence-corrected chi connectivity index (χ0v) is 12.6. The third kappa shape index (κ3) is 2.67. The molecule has 5 heteroatoms. The van der Waals surface area contributed by atoms with Crippen molar-refractivity contribution in [2.45, 2.75) is 12.8 Å². The van der Waals surface area contributed by atoms with Gasteiger partial charge in [-0.1, -0.05) is 12.1 Å². The number of hydrogen-bond acceptors (Lipinski definition) is 5. The number of rotatable bonds is 3. The Morgan fingerprint density at radius 2 is 2.00 bits per heavy atom. The summed E-state index contributed by atoms with van der Waals surface area (Å²) in [6.07, 6.45) is 0. The van der Waals surface area contributed by atoms with Gasteiger partial charge in [-0.15, -0.1) is 0 Å². The number of ether oxygens (including phenoxy) is 2. The van der Waals surface area contributed by atoms with Crippen LogP contribution < -0.4 is 15.2 Å². The van der Waals surface area contributed by atoms with Gasteiger partial charge in [0.2, 0.25) is 5.88 Å². The van der Waals surface area contributed by atoms with Crippen LogP contribution in [0.4, 0.5) is 0 Å². The van der Waals surface area contributed by atoms with Crippen LogP contribution in [0.25, 0.3) is 0 Å². The number of aromatic hydroxyl groups is 1. The van der Waals surface area contributed by atoms with E-state index in [1.165, 1.54) is 6.07 Å². The summed E-state index contributed by atoms with van der Waals surface area (Å²) in [4.78, 5) is 0. The molecule has 0 aliphatic carbocycles. The van der Waals surface area contributed by atoms with Crippen LogP contribution in [0.15, 0.2) is 53.9 Å². The monoisotopic (exact) mass is 308 g/mol. The van der Waals surface area contributed by atoms with Gasteiger partial charge in [0.05, 0.1) is 12.5 Å². The van der Waals surface area contributed by atoms with Crippen LogP contribution in [0.5, 0.6) is 17.2 Å². The Morgan fingerprint density at radius 3 is 2.65 bits per heavy atom. The van der Waals surface area contributed by atoms with Crippen molar-refractivity contribution in [1.29, 1.82) is 5.26 Å². The Balaban J connectivity index is 2.11. The van der Waals surface area contributed by atoms with E-state index in [1.807, 2.05) is 31.2 Å². The molecule has 0 spiro atoms. The van der Waals surface area contributed by atoms with E-state index in [-0.39, 0.29) is 17.6 Å². The summed E-state index contributed by atoms with van der Waals surface area (Å²) >= 11 is 0. The number of benzene rings is 2. The first kappa shape index (κ1) is 14.8. The molecule has 1 aliphatic heterocycles. The number of phenols is 1. The van der Waals surface area contributed by atoms with Gasteiger partial charge >= 0.3 is 0 Å². The Labute approximate surface area is 134 Å². The second kappa shape index (κ2) is 5.93. The summed E-state index contributed by atoms with van der Waals surface area (Å²) in [6, 6.07) is 14.4. The molecule has 1 aliphatic rings. The number of nitrogens with zero attached hydrogens (tertiary/aromatic N) is 1. The maximum atomic E-state index is 9.79. The summed E-state index contributed by atoms with van der Waals surface area (Å²) in [5, 5.41) is 19.3. The molecule has 2 aromatic carbocycles. The van der Waals surface area contributed by atoms with Crippen molar-refractivity contribution in [3.8, 4) is 23.3 Å². The van der Waals surface area contributed by atoms with Gasteiger partial charge in [-0.3, -0.25) is 0 Å². The number of nitriles is 1. The van der Waals surface area contributed by atoms with E-state index in [0.29, 0.717) is 23.5 Å². The molecule has 3 N–H and O–H groups in total. The van der Waals surface area contributed by atoms with Crippen LogP contribution >= 0.6 is 0 Å². The van der Waals surface area contributed by atoms with E-state index < -0.39 is 0 Å². The van der Waals surface area contributed by atoms with Crippen LogP contribution in [-0.4, -0.2) is 11.7 Å². The van der Waals surface area contributed by atoms with Crippen molar-refractivity contribution < 1.29 is 14.6 Å². The third-order valence-corrected chi connectivity index (χ3v) is 3.72. The van der Waals surface area contributed by atoms with E-state index >= 15 is 0 Å². The average Bonchev–Trinajstić information content (AvgIpc) is 2.55. The molecule has 0 aromatic heterocycles. The zero-order chi connectivity index (χ0) is 16.4. The Kier molecular flexibility index (Phi) is 3.82. The number of nitrogens with two attached hydrogens (primary N) is 1. The Bertz CT molecular complexity index is 804. The molecule has 0 radical (unpaired) electrons. The fraction of sp³-hybridized carbons (Fsp3) is 0.167. The highest BCUT2D eigenvalue weighted by molar-refractivity contribution is 5.57. The zero-order valence-electron chi connectivity index (χ0n) is 12.6. The summed E-state index contributed by atoms with van der Waals surface area (Å²) in [6.45, 7) is 2.51. The van der Waals surface area contributed by atoms with E-state index in [9.17, 15) is 10.4 Å². The molecule has 2 aromatic rings. The maximum Gasteiger partial charge on any atom is 0.205 e. The highest BCUT2D eigenvalue weighted by Crippen LogP contribution is 2.43. The van der Waals surface area contributed by atoms with E-state index in [2.05, 4.69) is 6.07 Å². The molecule has 3 rings (SSSR count). The molecule has 0 amide bonds. The van der Waals surface area contributed by atoms with Gasteiger partial charge in [0.1, 0.15) is 28.9 Å². The van der Waals surface area contributed by atoms with Crippen LogP contribution in [0.1, 0.15) is 24.0 Å². The lowest BCUT2D eigenvalue weighted by Gasteiger charge is -2.26. The number of hydrogen-bond donors (Lipinski definition) is 2. The average molecular weight is 308 g/mol. The largest absolute Gasteiger partial charge is 0.508 e. The van der Waals surface area contributed by atoms with Crippen LogP contribution in [0.3, 0.4) is 0 Å². The highest BCUT2D eigenvalue weighted by Gasteiger charge is 2.30. The van der Waals surface area contributed by atoms with Crippen molar-refractivity contribution in [2.24, 2.45) is 5.73 Å². The lowest BCUT2D eigenvalue weighted by atomic mass is 9.83. The molecule has 0 fully saturated rings. The first-order valence-corrected chi connectivity index (χ1v) is 7.27. The second-order valence-corrected chi connectivity index (χ2v) is 5.15. The molecular formula is C18H16N2O3. The molecular weight excluding hydrogens is 292 g/mol. The third-order valence-electron chi connectivity index (χ3n) is 3.72. The van der Waals surface area contributed by atoms with E-state index in [4.69, 9.17) is 15.2 Å². The van der Waals surface area contributed by atoms with E-state index in [0.717, 1.165) is 11.3 Å². The van der Waals surface area contributed by atoms with Crippen molar-refractivity contribution in [3.63, 3.8) is 0 Å². The second-order valence-electron chi connectivity index (χ2n) is 5.15. The van der Waals surface area contributed by atoms with Gasteiger partial charge in [-0.05, 0) is 42.8 Å². The SMILES string of the molecule is CCOc1ccc([C@@H]2C(C#N)=C(N)Oc3ccc(O)cc32)cc1. The summed E-state index contributed by atoms with van der Waals surface area (Å²) in [7, 11) is 0. The predicted octanol–water partition coefficient (Wildman–Crippen LogP) is 3.01. The quantitative estimate of drug-likeness (QED) is 0.910. The molecule has 116 valence electrons. The molecule has 0 bridgehead atoms. The molecule has 0 saturated carbocycles. The van der Waals surface area contributed by atoms with Gasteiger partial charge in [0, 0.05) is 5.56 Å². The van der Waals surface area contributed by atoms with Gasteiger partial charge in [0.25, 0.3) is 0 Å². The summed E-state index contributed by atoms with van der Waals surface area (Å²) in [5.41, 5.74) is 7.81. The lowest BCUT2D eigenvalue weighted by molar-refractivity contribution is 0.340. The molecule has 1 atom stereocenters. The normalized spacial score (nSPS) is 16.3.